The van der Waals surface area contributed by atoms with Gasteiger partial charge >= 0.3 is 0 Å². The van der Waals surface area contributed by atoms with Gasteiger partial charge in [0.25, 0.3) is 0 Å². The van der Waals surface area contributed by atoms with Crippen LogP contribution in [0.25, 0.3) is 0 Å². The molecule has 1 aromatic rings. The largest absolute Gasteiger partial charge is 0.492 e. The van der Waals surface area contributed by atoms with E-state index in [1.807, 2.05) is 18.2 Å². The number of nitrogens with two attached hydrogens (primary N) is 1. The maximum absolute atomic E-state index is 6.08. The summed E-state index contributed by atoms with van der Waals surface area (Å²) in [4.78, 5) is 6.89. The van der Waals surface area contributed by atoms with Gasteiger partial charge < -0.3 is 20.5 Å². The summed E-state index contributed by atoms with van der Waals surface area (Å²) >= 11 is 0. The monoisotopic (exact) mass is 360 g/mol. The molecule has 3 N–H and O–H groups in total. The number of hydrogen-bond acceptors (Lipinski definition) is 4. The second-order valence-electron chi connectivity index (χ2n) is 7.09. The molecule has 1 aromatic carbocycles. The van der Waals surface area contributed by atoms with Gasteiger partial charge in [-0.25, -0.2) is 4.99 Å². The topological polar surface area (TPSA) is 72.1 Å². The van der Waals surface area contributed by atoms with Gasteiger partial charge in [-0.3, -0.25) is 4.90 Å². The maximum Gasteiger partial charge on any atom is 0.189 e. The molecule has 1 aliphatic carbocycles. The van der Waals surface area contributed by atoms with Crippen molar-refractivity contribution in [3.05, 3.63) is 29.8 Å². The predicted molar refractivity (Wildman–Crippen MR) is 105 cm³/mol. The van der Waals surface area contributed by atoms with Crippen LogP contribution >= 0.6 is 0 Å². The van der Waals surface area contributed by atoms with E-state index in [0.29, 0.717) is 25.2 Å². The Balaban J connectivity index is 1.47. The average Bonchev–Trinajstić information content (AvgIpc) is 2.69. The molecule has 1 aliphatic heterocycles. The van der Waals surface area contributed by atoms with Gasteiger partial charge in [0.15, 0.2) is 5.96 Å². The highest BCUT2D eigenvalue weighted by molar-refractivity contribution is 5.78. The first-order chi connectivity index (χ1) is 12.8. The summed E-state index contributed by atoms with van der Waals surface area (Å²) in [5, 5.41) is 3.36. The molecular weight excluding hydrogens is 328 g/mol. The summed E-state index contributed by atoms with van der Waals surface area (Å²) < 4.78 is 11.4. The van der Waals surface area contributed by atoms with Crippen molar-refractivity contribution in [2.24, 2.45) is 10.7 Å². The number of nitrogens with one attached hydrogen (secondary N) is 1. The van der Waals surface area contributed by atoms with Crippen LogP contribution in [0.15, 0.2) is 29.3 Å². The minimum absolute atomic E-state index is 0.479. The number of benzene rings is 1. The Morgan fingerprint density at radius 3 is 2.77 bits per heavy atom. The Morgan fingerprint density at radius 2 is 1.96 bits per heavy atom. The summed E-state index contributed by atoms with van der Waals surface area (Å²) in [5.41, 5.74) is 7.15. The number of morpholine rings is 1. The van der Waals surface area contributed by atoms with Crippen molar-refractivity contribution < 1.29 is 9.47 Å². The Labute approximate surface area is 156 Å². The van der Waals surface area contributed by atoms with Crippen molar-refractivity contribution >= 4 is 5.96 Å². The van der Waals surface area contributed by atoms with Crippen LogP contribution in [0.3, 0.4) is 0 Å². The van der Waals surface area contributed by atoms with Gasteiger partial charge in [-0.05, 0) is 18.9 Å². The lowest BCUT2D eigenvalue weighted by Gasteiger charge is -2.26. The third-order valence-electron chi connectivity index (χ3n) is 5.12. The van der Waals surface area contributed by atoms with Crippen LogP contribution in [0.1, 0.15) is 37.7 Å². The van der Waals surface area contributed by atoms with Crippen molar-refractivity contribution in [3.63, 3.8) is 0 Å². The zero-order valence-electron chi connectivity index (χ0n) is 15.7. The highest BCUT2D eigenvalue weighted by Crippen LogP contribution is 2.19. The molecule has 0 amide bonds. The molecule has 0 radical (unpaired) electrons. The van der Waals surface area contributed by atoms with Crippen LogP contribution in [0.4, 0.5) is 0 Å². The molecule has 3 rings (SSSR count). The molecule has 0 aromatic heterocycles. The molecule has 1 saturated carbocycles. The van der Waals surface area contributed by atoms with E-state index in [1.165, 1.54) is 32.1 Å². The molecule has 2 aliphatic rings. The minimum atomic E-state index is 0.479. The molecular formula is C20H32N4O2. The Bertz CT molecular complexity index is 567. The van der Waals surface area contributed by atoms with Crippen LogP contribution in [0, 0.1) is 0 Å². The fourth-order valence-electron chi connectivity index (χ4n) is 3.56. The number of nitrogens with zero attached hydrogens (tertiary/aromatic N) is 2. The zero-order chi connectivity index (χ0) is 18.0. The number of aliphatic imine (C=N–C) groups is 1. The van der Waals surface area contributed by atoms with Crippen LogP contribution < -0.4 is 15.8 Å². The third-order valence-corrected chi connectivity index (χ3v) is 5.12. The molecule has 1 saturated heterocycles. The SMILES string of the molecule is NC(=NCc1ccccc1OCCN1CCOCC1)NC1CCCCC1. The second-order valence-corrected chi connectivity index (χ2v) is 7.09. The third kappa shape index (κ3) is 6.18. The van der Waals surface area contributed by atoms with Crippen molar-refractivity contribution in [1.29, 1.82) is 0 Å². The van der Waals surface area contributed by atoms with Gasteiger partial charge in [-0.15, -0.1) is 0 Å². The van der Waals surface area contributed by atoms with Gasteiger partial charge in [-0.2, -0.15) is 0 Å². The number of hydrogen-bond donors (Lipinski definition) is 2. The number of ether oxygens (including phenoxy) is 2. The van der Waals surface area contributed by atoms with E-state index in [9.17, 15) is 0 Å². The van der Waals surface area contributed by atoms with Crippen molar-refractivity contribution in [3.8, 4) is 5.75 Å². The van der Waals surface area contributed by atoms with E-state index >= 15 is 0 Å². The lowest BCUT2D eigenvalue weighted by atomic mass is 9.96. The molecule has 0 unspecified atom stereocenters. The van der Waals surface area contributed by atoms with Crippen molar-refractivity contribution in [2.45, 2.75) is 44.7 Å². The fraction of sp³-hybridized carbons (Fsp3) is 0.650. The molecule has 0 bridgehead atoms. The van der Waals surface area contributed by atoms with Crippen molar-refractivity contribution in [1.82, 2.24) is 10.2 Å². The fourth-order valence-corrected chi connectivity index (χ4v) is 3.56. The first-order valence-corrected chi connectivity index (χ1v) is 9.88. The van der Waals surface area contributed by atoms with E-state index < -0.39 is 0 Å². The summed E-state index contributed by atoms with van der Waals surface area (Å²) in [7, 11) is 0. The molecule has 26 heavy (non-hydrogen) atoms. The summed E-state index contributed by atoms with van der Waals surface area (Å²) in [6.45, 7) is 5.75. The second kappa shape index (κ2) is 10.4. The maximum atomic E-state index is 6.08. The number of para-hydroxylation sites is 1. The van der Waals surface area contributed by atoms with E-state index in [2.05, 4.69) is 21.3 Å². The van der Waals surface area contributed by atoms with Gasteiger partial charge in [0.05, 0.1) is 19.8 Å². The first-order valence-electron chi connectivity index (χ1n) is 9.88. The predicted octanol–water partition coefficient (Wildman–Crippen LogP) is 2.13. The minimum Gasteiger partial charge on any atom is -0.492 e. The smallest absolute Gasteiger partial charge is 0.189 e. The molecule has 2 fully saturated rings. The quantitative estimate of drug-likeness (QED) is 0.576. The molecule has 6 heteroatoms. The number of rotatable bonds is 7. The summed E-state index contributed by atoms with van der Waals surface area (Å²) in [5.74, 6) is 1.44. The highest BCUT2D eigenvalue weighted by Gasteiger charge is 2.13. The van der Waals surface area contributed by atoms with Gasteiger partial charge in [0.2, 0.25) is 0 Å². The van der Waals surface area contributed by atoms with Gasteiger partial charge in [0, 0.05) is 31.2 Å². The van der Waals surface area contributed by atoms with E-state index in [-0.39, 0.29) is 0 Å². The van der Waals surface area contributed by atoms with E-state index in [4.69, 9.17) is 15.2 Å². The first kappa shape index (κ1) is 19.0. The molecule has 144 valence electrons. The van der Waals surface area contributed by atoms with Crippen LogP contribution in [0.2, 0.25) is 0 Å². The van der Waals surface area contributed by atoms with Gasteiger partial charge in [0.1, 0.15) is 12.4 Å². The summed E-state index contributed by atoms with van der Waals surface area (Å²) in [6, 6.07) is 8.56. The van der Waals surface area contributed by atoms with Crippen LogP contribution in [-0.4, -0.2) is 56.4 Å². The van der Waals surface area contributed by atoms with Crippen LogP contribution in [-0.2, 0) is 11.3 Å². The van der Waals surface area contributed by atoms with E-state index in [0.717, 1.165) is 44.2 Å². The normalized spacial score (nSPS) is 20.1. The average molecular weight is 361 g/mol. The van der Waals surface area contributed by atoms with Crippen molar-refractivity contribution in [2.75, 3.05) is 39.5 Å². The number of guanidine groups is 1. The highest BCUT2D eigenvalue weighted by atomic mass is 16.5. The Morgan fingerprint density at radius 1 is 1.19 bits per heavy atom. The molecule has 0 atom stereocenters. The van der Waals surface area contributed by atoms with E-state index in [1.54, 1.807) is 0 Å². The Kier molecular flexibility index (Phi) is 7.58. The standard InChI is InChI=1S/C20H32N4O2/c21-20(23-18-7-2-1-3-8-18)22-16-17-6-4-5-9-19(17)26-15-12-24-10-13-25-14-11-24/h4-6,9,18H,1-3,7-8,10-16H2,(H3,21,22,23). The van der Waals surface area contributed by atoms with Crippen LogP contribution in [0.5, 0.6) is 5.75 Å². The Hall–Kier alpha value is -1.79. The molecule has 6 nitrogen and oxygen atoms in total. The summed E-state index contributed by atoms with van der Waals surface area (Å²) in [6.07, 6.45) is 6.29. The molecule has 1 heterocycles. The lowest BCUT2D eigenvalue weighted by Crippen LogP contribution is -2.41. The molecule has 0 spiro atoms. The lowest BCUT2D eigenvalue weighted by molar-refractivity contribution is 0.0322. The zero-order valence-corrected chi connectivity index (χ0v) is 15.7. The van der Waals surface area contributed by atoms with Gasteiger partial charge in [-0.1, -0.05) is 37.5 Å².